The van der Waals surface area contributed by atoms with E-state index < -0.39 is 5.60 Å². The maximum atomic E-state index is 13.6. The molecule has 0 atom stereocenters. The van der Waals surface area contributed by atoms with Crippen LogP contribution in [0, 0.1) is 29.5 Å². The number of carbonyl (C=O) groups is 1. The first kappa shape index (κ1) is 27.7. The highest BCUT2D eigenvalue weighted by atomic mass is 32.1. The monoisotopic (exact) mass is 598 g/mol. The number of likely N-dealkylation sites (tertiary alicyclic amines) is 1. The molecule has 220 valence electrons. The molecule has 0 radical (unpaired) electrons. The number of ether oxygens (including phenoxy) is 1. The summed E-state index contributed by atoms with van der Waals surface area (Å²) in [6.45, 7) is 8.97. The van der Waals surface area contributed by atoms with Crippen molar-refractivity contribution in [2.24, 2.45) is 5.41 Å². The molecule has 1 amide bonds. The molecular weight excluding hydrogens is 567 g/mol. The molecule has 0 saturated carbocycles. The zero-order valence-electron chi connectivity index (χ0n) is 24.4. The third-order valence-electron chi connectivity index (χ3n) is 8.64. The van der Waals surface area contributed by atoms with Gasteiger partial charge in [-0.1, -0.05) is 11.3 Å². The van der Waals surface area contributed by atoms with E-state index >= 15 is 0 Å². The van der Waals surface area contributed by atoms with Crippen LogP contribution in [0.15, 0.2) is 36.4 Å². The van der Waals surface area contributed by atoms with Gasteiger partial charge in [-0.05, 0) is 62.7 Å². The number of pyridine rings is 1. The summed E-state index contributed by atoms with van der Waals surface area (Å²) in [6, 6.07) is 12.6. The lowest BCUT2D eigenvalue weighted by molar-refractivity contribution is -0.162. The first-order chi connectivity index (χ1) is 20.5. The molecule has 0 aliphatic carbocycles. The van der Waals surface area contributed by atoms with Crippen molar-refractivity contribution in [3.05, 3.63) is 63.9 Å². The van der Waals surface area contributed by atoms with Gasteiger partial charge in [0, 0.05) is 60.8 Å². The van der Waals surface area contributed by atoms with Crippen molar-refractivity contribution in [1.82, 2.24) is 14.9 Å². The number of hydrogen-bond acceptors (Lipinski definition) is 9. The molecule has 9 nitrogen and oxygen atoms in total. The van der Waals surface area contributed by atoms with Crippen molar-refractivity contribution < 1.29 is 19.0 Å². The second-order valence-corrected chi connectivity index (χ2v) is 13.4. The summed E-state index contributed by atoms with van der Waals surface area (Å²) in [6.07, 6.45) is 0. The number of aromatic nitrogens is 2. The minimum atomic E-state index is -1.36. The minimum absolute atomic E-state index is 0.0543. The topological polar surface area (TPSA) is 106 Å². The number of benzene rings is 2. The van der Waals surface area contributed by atoms with E-state index in [0.29, 0.717) is 47.6 Å². The Balaban J connectivity index is 1.24. The number of carbonyl (C=O) groups excluding carboxylic acids is 1. The van der Waals surface area contributed by atoms with Crippen molar-refractivity contribution in [3.63, 3.8) is 0 Å². The summed E-state index contributed by atoms with van der Waals surface area (Å²) in [7, 11) is 1.95. The van der Waals surface area contributed by atoms with Crippen LogP contribution in [0.3, 0.4) is 0 Å². The fourth-order valence-corrected chi connectivity index (χ4v) is 7.40. The number of rotatable bonds is 5. The van der Waals surface area contributed by atoms with E-state index in [-0.39, 0.29) is 17.1 Å². The molecule has 5 heterocycles. The molecule has 3 aliphatic rings. The molecule has 11 heteroatoms. The van der Waals surface area contributed by atoms with E-state index in [9.17, 15) is 19.6 Å². The molecule has 0 unspecified atom stereocenters. The highest BCUT2D eigenvalue weighted by molar-refractivity contribution is 7.16. The number of nitrogens with zero attached hydrogens (tertiary/aromatic N) is 6. The first-order valence-corrected chi connectivity index (χ1v) is 15.0. The Kier molecular flexibility index (Phi) is 6.25. The number of anilines is 3. The average molecular weight is 599 g/mol. The minimum Gasteiger partial charge on any atom is -0.381 e. The maximum Gasteiger partial charge on any atom is 0.253 e. The van der Waals surface area contributed by atoms with E-state index in [2.05, 4.69) is 30.0 Å². The lowest BCUT2D eigenvalue weighted by Crippen LogP contribution is -2.74. The quantitative estimate of drug-likeness (QED) is 0.346. The number of hydrogen-bond donors (Lipinski definition) is 1. The molecule has 1 spiro atoms. The SMILES string of the molecule is Cc1cc(N2CC3(CN(C(=O)C(C)(C)O)C3)C2)cc2c(N(C)c3nc(-c4ccc(F)cc4)c(C#N)s3)c3c(nc12)COC3. The zero-order valence-corrected chi connectivity index (χ0v) is 25.3. The predicted octanol–water partition coefficient (Wildman–Crippen LogP) is 4.90. The van der Waals surface area contributed by atoms with Crippen LogP contribution in [0.4, 0.5) is 20.9 Å². The van der Waals surface area contributed by atoms with Crippen LogP contribution in [0.2, 0.25) is 0 Å². The number of aryl methyl sites for hydroxylation is 1. The summed E-state index contributed by atoms with van der Waals surface area (Å²) in [5.74, 6) is -0.567. The third-order valence-corrected chi connectivity index (χ3v) is 9.68. The first-order valence-electron chi connectivity index (χ1n) is 14.2. The number of aliphatic hydroxyl groups is 1. The van der Waals surface area contributed by atoms with Crippen LogP contribution >= 0.6 is 11.3 Å². The highest BCUT2D eigenvalue weighted by Crippen LogP contribution is 2.46. The van der Waals surface area contributed by atoms with Gasteiger partial charge in [0.15, 0.2) is 5.13 Å². The van der Waals surface area contributed by atoms with E-state index in [0.717, 1.165) is 52.2 Å². The second kappa shape index (κ2) is 9.71. The second-order valence-electron chi connectivity index (χ2n) is 12.5. The maximum absolute atomic E-state index is 13.6. The number of nitriles is 1. The van der Waals surface area contributed by atoms with Crippen molar-refractivity contribution in [2.75, 3.05) is 43.0 Å². The van der Waals surface area contributed by atoms with E-state index in [1.54, 1.807) is 17.0 Å². The van der Waals surface area contributed by atoms with Crippen molar-refractivity contribution >= 4 is 44.7 Å². The zero-order chi connectivity index (χ0) is 30.3. The Morgan fingerprint density at radius 2 is 1.88 bits per heavy atom. The summed E-state index contributed by atoms with van der Waals surface area (Å²) >= 11 is 1.30. The molecule has 1 N–H and O–H groups in total. The van der Waals surface area contributed by atoms with Crippen LogP contribution in [-0.4, -0.2) is 64.7 Å². The van der Waals surface area contributed by atoms with E-state index in [1.165, 1.54) is 37.3 Å². The van der Waals surface area contributed by atoms with Gasteiger partial charge in [0.1, 0.15) is 28.1 Å². The van der Waals surface area contributed by atoms with E-state index in [1.807, 2.05) is 11.9 Å². The largest absolute Gasteiger partial charge is 0.381 e. The third kappa shape index (κ3) is 4.52. The van der Waals surface area contributed by atoms with Crippen LogP contribution in [0.25, 0.3) is 22.2 Å². The van der Waals surface area contributed by atoms with E-state index in [4.69, 9.17) is 14.7 Å². The molecule has 2 fully saturated rings. The predicted molar refractivity (Wildman–Crippen MR) is 163 cm³/mol. The molecule has 3 aliphatic heterocycles. The summed E-state index contributed by atoms with van der Waals surface area (Å²) in [5.41, 5.74) is 5.80. The van der Waals surface area contributed by atoms with Gasteiger partial charge in [0.05, 0.1) is 30.1 Å². The fraction of sp³-hybridized carbons (Fsp3) is 0.375. The molecule has 2 saturated heterocycles. The molecule has 0 bridgehead atoms. The Morgan fingerprint density at radius 1 is 1.16 bits per heavy atom. The van der Waals surface area contributed by atoms with Gasteiger partial charge >= 0.3 is 0 Å². The average Bonchev–Trinajstić information content (AvgIpc) is 3.57. The van der Waals surface area contributed by atoms with Gasteiger partial charge < -0.3 is 24.5 Å². The van der Waals surface area contributed by atoms with Crippen LogP contribution < -0.4 is 9.80 Å². The molecule has 2 aromatic heterocycles. The van der Waals surface area contributed by atoms with Crippen LogP contribution in [0.1, 0.15) is 35.5 Å². The molecule has 7 rings (SSSR count). The number of amides is 1. The summed E-state index contributed by atoms with van der Waals surface area (Å²) in [4.78, 5) is 28.9. The number of fused-ring (bicyclic) bond motifs is 2. The van der Waals surface area contributed by atoms with Gasteiger partial charge in [0.2, 0.25) is 0 Å². The Bertz CT molecular complexity index is 1830. The van der Waals surface area contributed by atoms with Gasteiger partial charge in [-0.15, -0.1) is 0 Å². The molecule has 4 aromatic rings. The van der Waals surface area contributed by atoms with Crippen molar-refractivity contribution in [1.29, 1.82) is 5.26 Å². The van der Waals surface area contributed by atoms with Crippen molar-refractivity contribution in [2.45, 2.75) is 39.6 Å². The van der Waals surface area contributed by atoms with Crippen molar-refractivity contribution in [3.8, 4) is 17.3 Å². The Morgan fingerprint density at radius 3 is 2.56 bits per heavy atom. The molecule has 43 heavy (non-hydrogen) atoms. The van der Waals surface area contributed by atoms with Crippen LogP contribution in [0.5, 0.6) is 0 Å². The van der Waals surface area contributed by atoms with Gasteiger partial charge in [-0.2, -0.15) is 5.26 Å². The van der Waals surface area contributed by atoms with Crippen LogP contribution in [-0.2, 0) is 22.7 Å². The smallest absolute Gasteiger partial charge is 0.253 e. The summed E-state index contributed by atoms with van der Waals surface area (Å²) in [5, 5.41) is 21.6. The summed E-state index contributed by atoms with van der Waals surface area (Å²) < 4.78 is 19.4. The molecule has 2 aromatic carbocycles. The van der Waals surface area contributed by atoms with Gasteiger partial charge in [-0.3, -0.25) is 4.79 Å². The number of halogens is 1. The molecular formula is C32H31FN6O3S. The lowest BCUT2D eigenvalue weighted by Gasteiger charge is -2.61. The standard InChI is InChI=1S/C32H31FN6O3S/c1-18-9-21(38-14-32(15-38)16-39(17-32)29(40)31(2,3)41)10-22-26(18)35-24-13-42-12-23(24)28(22)37(4)30-36-27(25(11-34)43-30)19-5-7-20(33)8-6-19/h5-10,41H,12-17H2,1-4H3. The fourth-order valence-electron chi connectivity index (χ4n) is 6.54. The number of thiazole rings is 1. The highest BCUT2D eigenvalue weighted by Gasteiger charge is 2.54. The lowest BCUT2D eigenvalue weighted by atomic mass is 9.72. The Labute approximate surface area is 252 Å². The normalized spacial score (nSPS) is 17.0. The van der Waals surface area contributed by atoms with Gasteiger partial charge in [-0.25, -0.2) is 14.4 Å². The Hall–Kier alpha value is -4.11. The van der Waals surface area contributed by atoms with Gasteiger partial charge in [0.25, 0.3) is 5.91 Å².